The Balaban J connectivity index is 0.00000312. The van der Waals surface area contributed by atoms with E-state index in [0.717, 1.165) is 28.9 Å². The number of unbranched alkanes of at least 4 members (excludes halogenated alkanes) is 1. The van der Waals surface area contributed by atoms with E-state index in [0.29, 0.717) is 12.3 Å². The number of rotatable bonds is 8. The Bertz CT molecular complexity index is 551. The lowest BCUT2D eigenvalue weighted by Gasteiger charge is -2.31. The average Bonchev–Trinajstić information content (AvgIpc) is 2.60. The number of likely N-dealkylation sites (tertiary alicyclic amines) is 1. The van der Waals surface area contributed by atoms with Gasteiger partial charge in [-0.3, -0.25) is 4.79 Å². The van der Waals surface area contributed by atoms with Crippen LogP contribution in [0.4, 0.5) is 0 Å². The molecule has 1 aliphatic rings. The zero-order valence-electron chi connectivity index (χ0n) is 15.9. The summed E-state index contributed by atoms with van der Waals surface area (Å²) in [6.45, 7) is 9.98. The molecule has 2 rings (SSSR count). The van der Waals surface area contributed by atoms with Crippen LogP contribution in [0.1, 0.15) is 68.4 Å². The van der Waals surface area contributed by atoms with E-state index in [2.05, 4.69) is 11.8 Å². The molecule has 0 bridgehead atoms. The number of ketones is 1. The molecule has 1 heterocycles. The first kappa shape index (κ1) is 19.0. The van der Waals surface area contributed by atoms with Crippen molar-refractivity contribution in [2.75, 3.05) is 26.7 Å². The zero-order chi connectivity index (χ0) is 17.5. The normalized spacial score (nSPS) is 16.3. The van der Waals surface area contributed by atoms with Gasteiger partial charge in [0.25, 0.3) is 0 Å². The Morgan fingerprint density at radius 3 is 2.62 bits per heavy atom. The van der Waals surface area contributed by atoms with Crippen LogP contribution in [0.3, 0.4) is 0 Å². The number of carbonyl (C=O) groups excluding carboxylic acids is 1. The molecule has 3 heteroatoms. The molecular formula is C21H35NO2. The number of piperidine rings is 1. The first-order valence-corrected chi connectivity index (χ1v) is 9.46. The van der Waals surface area contributed by atoms with E-state index in [1.807, 2.05) is 26.0 Å². The van der Waals surface area contributed by atoms with Crippen LogP contribution in [-0.2, 0) is 0 Å². The minimum absolute atomic E-state index is 0. The Kier molecular flexibility index (Phi) is 7.29. The van der Waals surface area contributed by atoms with Gasteiger partial charge in [-0.15, -0.1) is 0 Å². The Labute approximate surface area is 148 Å². The molecule has 1 aliphatic heterocycles. The molecule has 0 atom stereocenters. The van der Waals surface area contributed by atoms with Gasteiger partial charge in [0.1, 0.15) is 5.75 Å². The fourth-order valence-corrected chi connectivity index (χ4v) is 3.56. The van der Waals surface area contributed by atoms with Gasteiger partial charge in [0.2, 0.25) is 0 Å². The Hall–Kier alpha value is -1.35. The highest BCUT2D eigenvalue weighted by atomic mass is 16.5. The lowest BCUT2D eigenvalue weighted by atomic mass is 9.90. The van der Waals surface area contributed by atoms with Crippen molar-refractivity contribution in [3.05, 3.63) is 28.8 Å². The fourth-order valence-electron chi connectivity index (χ4n) is 3.56. The first-order chi connectivity index (χ1) is 11.5. The van der Waals surface area contributed by atoms with Crippen molar-refractivity contribution in [3.8, 4) is 5.75 Å². The van der Waals surface area contributed by atoms with Gasteiger partial charge < -0.3 is 9.64 Å². The molecule has 0 radical (unpaired) electrons. The highest BCUT2D eigenvalue weighted by Crippen LogP contribution is 2.26. The second-order valence-electron chi connectivity index (χ2n) is 7.22. The van der Waals surface area contributed by atoms with E-state index < -0.39 is 0 Å². The van der Waals surface area contributed by atoms with Crippen molar-refractivity contribution in [3.63, 3.8) is 0 Å². The minimum Gasteiger partial charge on any atom is -0.496 e. The number of carbonyl (C=O) groups is 1. The summed E-state index contributed by atoms with van der Waals surface area (Å²) in [4.78, 5) is 15.1. The zero-order valence-corrected chi connectivity index (χ0v) is 15.9. The molecule has 0 aromatic heterocycles. The second kappa shape index (κ2) is 9.22. The van der Waals surface area contributed by atoms with E-state index >= 15 is 0 Å². The molecule has 1 aromatic rings. The quantitative estimate of drug-likeness (QED) is 0.625. The summed E-state index contributed by atoms with van der Waals surface area (Å²) >= 11 is 0. The molecule has 1 aromatic carbocycles. The molecule has 0 unspecified atom stereocenters. The lowest BCUT2D eigenvalue weighted by molar-refractivity contribution is 0.0961. The molecule has 1 fully saturated rings. The number of hydrogen-bond acceptors (Lipinski definition) is 3. The van der Waals surface area contributed by atoms with Crippen LogP contribution >= 0.6 is 0 Å². The van der Waals surface area contributed by atoms with Crippen molar-refractivity contribution < 1.29 is 11.0 Å². The second-order valence-corrected chi connectivity index (χ2v) is 7.22. The summed E-state index contributed by atoms with van der Waals surface area (Å²) in [6, 6.07) is 3.91. The molecule has 0 aliphatic carbocycles. The van der Waals surface area contributed by atoms with Crippen LogP contribution in [0.5, 0.6) is 5.75 Å². The summed E-state index contributed by atoms with van der Waals surface area (Å²) in [5.74, 6) is 1.78. The highest BCUT2D eigenvalue weighted by molar-refractivity contribution is 5.96. The van der Waals surface area contributed by atoms with Crippen molar-refractivity contribution in [2.45, 2.75) is 59.3 Å². The summed E-state index contributed by atoms with van der Waals surface area (Å²) in [6.07, 6.45) is 6.74. The van der Waals surface area contributed by atoms with Gasteiger partial charge in [0.15, 0.2) is 5.78 Å². The smallest absolute Gasteiger partial charge is 0.163 e. The van der Waals surface area contributed by atoms with Crippen LogP contribution in [-0.4, -0.2) is 37.4 Å². The molecule has 1 saturated heterocycles. The number of Topliss-reactive ketones (excluding diaryl/α,β-unsaturated/α-hetero) is 1. The van der Waals surface area contributed by atoms with Crippen LogP contribution in [0.15, 0.2) is 12.1 Å². The van der Waals surface area contributed by atoms with Crippen LogP contribution in [0.25, 0.3) is 0 Å². The number of ether oxygens (including phenoxy) is 1. The summed E-state index contributed by atoms with van der Waals surface area (Å²) in [5.41, 5.74) is 3.05. The fraction of sp³-hybridized carbons (Fsp3) is 0.667. The number of benzene rings is 1. The van der Waals surface area contributed by atoms with Gasteiger partial charge in [-0.25, -0.2) is 0 Å². The molecule has 0 spiro atoms. The van der Waals surface area contributed by atoms with Crippen molar-refractivity contribution in [1.82, 2.24) is 4.90 Å². The van der Waals surface area contributed by atoms with Crippen LogP contribution in [0, 0.1) is 19.8 Å². The first-order valence-electron chi connectivity index (χ1n) is 9.46. The van der Waals surface area contributed by atoms with Crippen molar-refractivity contribution in [1.29, 1.82) is 0 Å². The summed E-state index contributed by atoms with van der Waals surface area (Å²) < 4.78 is 5.40. The molecular weight excluding hydrogens is 298 g/mol. The SMILES string of the molecule is CCCCN1CCC(CCC(=O)c2cc(C)c(C)c(OC)c2)CC1.[HH]. The van der Waals surface area contributed by atoms with Crippen LogP contribution < -0.4 is 4.74 Å². The number of nitrogens with zero attached hydrogens (tertiary/aromatic N) is 1. The molecule has 24 heavy (non-hydrogen) atoms. The minimum atomic E-state index is 0. The van der Waals surface area contributed by atoms with Gasteiger partial charge in [0.05, 0.1) is 7.11 Å². The number of methoxy groups -OCH3 is 1. The maximum Gasteiger partial charge on any atom is 0.163 e. The monoisotopic (exact) mass is 333 g/mol. The van der Waals surface area contributed by atoms with Gasteiger partial charge in [-0.2, -0.15) is 0 Å². The average molecular weight is 334 g/mol. The maximum absolute atomic E-state index is 12.6. The summed E-state index contributed by atoms with van der Waals surface area (Å²) in [5, 5.41) is 0. The third kappa shape index (κ3) is 5.07. The van der Waals surface area contributed by atoms with E-state index in [1.54, 1.807) is 7.11 Å². The Morgan fingerprint density at radius 1 is 1.29 bits per heavy atom. The lowest BCUT2D eigenvalue weighted by Crippen LogP contribution is -2.34. The number of aryl methyl sites for hydroxylation is 1. The third-order valence-corrected chi connectivity index (χ3v) is 5.48. The number of hydrogen-bond donors (Lipinski definition) is 0. The molecule has 3 nitrogen and oxygen atoms in total. The summed E-state index contributed by atoms with van der Waals surface area (Å²) in [7, 11) is 1.67. The van der Waals surface area contributed by atoms with Gasteiger partial charge in [-0.05, 0) is 88.3 Å². The van der Waals surface area contributed by atoms with Gasteiger partial charge in [0, 0.05) is 13.4 Å². The topological polar surface area (TPSA) is 29.5 Å². The molecule has 136 valence electrons. The van der Waals surface area contributed by atoms with E-state index in [1.165, 1.54) is 45.3 Å². The van der Waals surface area contributed by atoms with E-state index in [-0.39, 0.29) is 7.21 Å². The molecule has 0 amide bonds. The molecule has 0 saturated carbocycles. The Morgan fingerprint density at radius 2 is 2.00 bits per heavy atom. The maximum atomic E-state index is 12.6. The van der Waals surface area contributed by atoms with Gasteiger partial charge in [-0.1, -0.05) is 13.3 Å². The van der Waals surface area contributed by atoms with Crippen molar-refractivity contribution in [2.24, 2.45) is 5.92 Å². The highest BCUT2D eigenvalue weighted by Gasteiger charge is 2.20. The molecule has 0 N–H and O–H groups in total. The predicted molar refractivity (Wildman–Crippen MR) is 102 cm³/mol. The van der Waals surface area contributed by atoms with Gasteiger partial charge >= 0.3 is 0 Å². The van der Waals surface area contributed by atoms with E-state index in [9.17, 15) is 4.79 Å². The largest absolute Gasteiger partial charge is 0.496 e. The third-order valence-electron chi connectivity index (χ3n) is 5.48. The van der Waals surface area contributed by atoms with Crippen molar-refractivity contribution >= 4 is 5.78 Å². The predicted octanol–water partition coefficient (Wildman–Crippen LogP) is 5.03. The van der Waals surface area contributed by atoms with Crippen LogP contribution in [0.2, 0.25) is 0 Å². The van der Waals surface area contributed by atoms with E-state index in [4.69, 9.17) is 4.74 Å². The standard InChI is InChI=1S/C21H33NO2.H2/c1-5-6-11-22-12-9-18(10-13-22)7-8-20(23)19-14-16(2)17(3)21(15-19)24-4;/h14-15,18H,5-13H2,1-4H3;1H.